The third kappa shape index (κ3) is 4.13. The number of ether oxygens (including phenoxy) is 1. The summed E-state index contributed by atoms with van der Waals surface area (Å²) >= 11 is 4.89. The van der Waals surface area contributed by atoms with Gasteiger partial charge >= 0.3 is 0 Å². The van der Waals surface area contributed by atoms with E-state index in [1.807, 2.05) is 0 Å². The number of benzene rings is 1. The summed E-state index contributed by atoms with van der Waals surface area (Å²) < 4.78 is 19.0. The lowest BCUT2D eigenvalue weighted by molar-refractivity contribution is 0.0378. The van der Waals surface area contributed by atoms with E-state index in [0.29, 0.717) is 11.3 Å². The van der Waals surface area contributed by atoms with Gasteiger partial charge in [0.05, 0.1) is 18.8 Å². The molecule has 0 atom stereocenters. The van der Waals surface area contributed by atoms with Gasteiger partial charge in [0.25, 0.3) is 0 Å². The molecule has 1 saturated heterocycles. The Balaban J connectivity index is 1.82. The zero-order valence-electron chi connectivity index (χ0n) is 11.4. The first-order valence-electron chi connectivity index (χ1n) is 6.81. The van der Waals surface area contributed by atoms with Crippen molar-refractivity contribution < 1.29 is 9.13 Å². The predicted molar refractivity (Wildman–Crippen MR) is 82.7 cm³/mol. The van der Waals surface area contributed by atoms with Gasteiger partial charge in [0, 0.05) is 25.3 Å². The van der Waals surface area contributed by atoms with Crippen LogP contribution in [-0.2, 0) is 4.74 Å². The monoisotopic (exact) mass is 297 g/mol. The highest BCUT2D eigenvalue weighted by atomic mass is 32.1. The fraction of sp³-hybridized carbons (Fsp3) is 0.500. The lowest BCUT2D eigenvalue weighted by atomic mass is 10.1. The van der Waals surface area contributed by atoms with Gasteiger partial charge < -0.3 is 15.8 Å². The Morgan fingerprint density at radius 3 is 2.85 bits per heavy atom. The Hall–Kier alpha value is -1.24. The van der Waals surface area contributed by atoms with Gasteiger partial charge in [-0.2, -0.15) is 0 Å². The molecule has 4 nitrogen and oxygen atoms in total. The second-order valence-electron chi connectivity index (χ2n) is 4.76. The number of hydrogen-bond donors (Lipinski definition) is 2. The fourth-order valence-corrected chi connectivity index (χ4v) is 2.48. The molecular formula is C14H20FN3OS. The molecule has 1 aliphatic rings. The highest BCUT2D eigenvalue weighted by Crippen LogP contribution is 2.18. The minimum atomic E-state index is -0.379. The van der Waals surface area contributed by atoms with Crippen LogP contribution in [-0.4, -0.2) is 49.3 Å². The summed E-state index contributed by atoms with van der Waals surface area (Å²) in [6.07, 6.45) is 0.979. The van der Waals surface area contributed by atoms with E-state index in [-0.39, 0.29) is 10.8 Å². The Morgan fingerprint density at radius 2 is 2.15 bits per heavy atom. The van der Waals surface area contributed by atoms with Crippen LogP contribution in [0.5, 0.6) is 0 Å². The second kappa shape index (κ2) is 7.52. The lowest BCUT2D eigenvalue weighted by Crippen LogP contribution is -2.37. The zero-order valence-corrected chi connectivity index (χ0v) is 12.2. The molecule has 0 aliphatic carbocycles. The molecule has 0 radical (unpaired) electrons. The summed E-state index contributed by atoms with van der Waals surface area (Å²) in [4.78, 5) is 2.45. The number of nitrogens with two attached hydrogens (primary N) is 1. The highest BCUT2D eigenvalue weighted by molar-refractivity contribution is 7.80. The maximum Gasteiger partial charge on any atom is 0.135 e. The molecule has 1 aromatic rings. The maximum absolute atomic E-state index is 13.7. The molecule has 110 valence electrons. The number of halogens is 1. The van der Waals surface area contributed by atoms with Gasteiger partial charge in [-0.25, -0.2) is 4.39 Å². The van der Waals surface area contributed by atoms with Gasteiger partial charge in [0.2, 0.25) is 0 Å². The first kappa shape index (κ1) is 15.2. The summed E-state index contributed by atoms with van der Waals surface area (Å²) in [5.41, 5.74) is 6.53. The molecule has 6 heteroatoms. The number of hydrogen-bond acceptors (Lipinski definition) is 4. The Labute approximate surface area is 124 Å². The second-order valence-corrected chi connectivity index (χ2v) is 5.20. The molecule has 1 aliphatic heterocycles. The third-order valence-corrected chi connectivity index (χ3v) is 3.53. The standard InChI is InChI=1S/C14H20FN3OS/c15-11-3-1-4-12(13(11)14(16)20)17-5-2-6-18-7-9-19-10-8-18/h1,3-4,17H,2,5-10H2,(H2,16,20). The van der Waals surface area contributed by atoms with E-state index < -0.39 is 0 Å². The molecule has 0 spiro atoms. The number of nitrogens with zero attached hydrogens (tertiary/aromatic N) is 1. The van der Waals surface area contributed by atoms with Crippen molar-refractivity contribution in [3.63, 3.8) is 0 Å². The van der Waals surface area contributed by atoms with E-state index in [2.05, 4.69) is 10.2 Å². The molecule has 0 saturated carbocycles. The summed E-state index contributed by atoms with van der Waals surface area (Å²) in [7, 11) is 0. The van der Waals surface area contributed by atoms with Gasteiger partial charge in [-0.1, -0.05) is 18.3 Å². The molecule has 1 fully saturated rings. The number of thiocarbonyl (C=S) groups is 1. The van der Waals surface area contributed by atoms with Crippen LogP contribution < -0.4 is 11.1 Å². The van der Waals surface area contributed by atoms with Gasteiger partial charge in [-0.3, -0.25) is 4.90 Å². The number of rotatable bonds is 6. The first-order chi connectivity index (χ1) is 9.68. The number of anilines is 1. The number of nitrogens with one attached hydrogen (secondary N) is 1. The summed E-state index contributed by atoms with van der Waals surface area (Å²) in [6.45, 7) is 5.35. The van der Waals surface area contributed by atoms with E-state index in [0.717, 1.165) is 45.8 Å². The van der Waals surface area contributed by atoms with E-state index >= 15 is 0 Å². The van der Waals surface area contributed by atoms with Crippen LogP contribution in [0.4, 0.5) is 10.1 Å². The SMILES string of the molecule is NC(=S)c1c(F)cccc1NCCCN1CCOCC1. The predicted octanol–water partition coefficient (Wildman–Crippen LogP) is 1.59. The quantitative estimate of drug-likeness (QED) is 0.617. The normalized spacial score (nSPS) is 16.1. The minimum Gasteiger partial charge on any atom is -0.389 e. The van der Waals surface area contributed by atoms with Crippen molar-refractivity contribution in [3.8, 4) is 0 Å². The molecule has 0 aromatic heterocycles. The van der Waals surface area contributed by atoms with E-state index in [9.17, 15) is 4.39 Å². The van der Waals surface area contributed by atoms with Crippen LogP contribution in [0.2, 0.25) is 0 Å². The Kier molecular flexibility index (Phi) is 5.70. The van der Waals surface area contributed by atoms with Crippen molar-refractivity contribution in [1.82, 2.24) is 4.90 Å². The average Bonchev–Trinajstić information content (AvgIpc) is 2.44. The van der Waals surface area contributed by atoms with Gasteiger partial charge in [0.1, 0.15) is 10.8 Å². The lowest BCUT2D eigenvalue weighted by Gasteiger charge is -2.26. The molecule has 2 rings (SSSR count). The van der Waals surface area contributed by atoms with Crippen molar-refractivity contribution in [3.05, 3.63) is 29.6 Å². The van der Waals surface area contributed by atoms with Crippen molar-refractivity contribution >= 4 is 22.9 Å². The Bertz CT molecular complexity index is 464. The highest BCUT2D eigenvalue weighted by Gasteiger charge is 2.11. The summed E-state index contributed by atoms with van der Waals surface area (Å²) in [5, 5.41) is 3.21. The van der Waals surface area contributed by atoms with Gasteiger partial charge in [-0.05, 0) is 25.1 Å². The van der Waals surface area contributed by atoms with Crippen LogP contribution in [0, 0.1) is 5.82 Å². The molecular weight excluding hydrogens is 277 g/mol. The zero-order chi connectivity index (χ0) is 14.4. The van der Waals surface area contributed by atoms with Gasteiger partial charge in [-0.15, -0.1) is 0 Å². The fourth-order valence-electron chi connectivity index (χ4n) is 2.27. The van der Waals surface area contributed by atoms with Crippen LogP contribution in [0.3, 0.4) is 0 Å². The smallest absolute Gasteiger partial charge is 0.135 e. The van der Waals surface area contributed by atoms with E-state index in [1.165, 1.54) is 6.07 Å². The Morgan fingerprint density at radius 1 is 1.40 bits per heavy atom. The molecule has 1 heterocycles. The summed E-state index contributed by atoms with van der Waals surface area (Å²) in [6, 6.07) is 4.82. The molecule has 0 bridgehead atoms. The maximum atomic E-state index is 13.7. The first-order valence-corrected chi connectivity index (χ1v) is 7.21. The molecule has 0 amide bonds. The van der Waals surface area contributed by atoms with Crippen LogP contribution >= 0.6 is 12.2 Å². The number of morpholine rings is 1. The average molecular weight is 297 g/mol. The van der Waals surface area contributed by atoms with Crippen LogP contribution in [0.25, 0.3) is 0 Å². The third-order valence-electron chi connectivity index (χ3n) is 3.33. The van der Waals surface area contributed by atoms with E-state index in [4.69, 9.17) is 22.7 Å². The van der Waals surface area contributed by atoms with Crippen molar-refractivity contribution in [2.75, 3.05) is 44.7 Å². The van der Waals surface area contributed by atoms with Crippen molar-refractivity contribution in [2.45, 2.75) is 6.42 Å². The topological polar surface area (TPSA) is 50.5 Å². The van der Waals surface area contributed by atoms with Crippen molar-refractivity contribution in [1.29, 1.82) is 0 Å². The molecule has 3 N–H and O–H groups in total. The van der Waals surface area contributed by atoms with Crippen molar-refractivity contribution in [2.24, 2.45) is 5.73 Å². The molecule has 1 aromatic carbocycles. The van der Waals surface area contributed by atoms with Crippen LogP contribution in [0.15, 0.2) is 18.2 Å². The van der Waals surface area contributed by atoms with Gasteiger partial charge in [0.15, 0.2) is 0 Å². The largest absolute Gasteiger partial charge is 0.389 e. The summed E-state index contributed by atoms with van der Waals surface area (Å²) in [5.74, 6) is -0.379. The van der Waals surface area contributed by atoms with E-state index in [1.54, 1.807) is 12.1 Å². The molecule has 0 unspecified atom stereocenters. The molecule has 20 heavy (non-hydrogen) atoms. The van der Waals surface area contributed by atoms with Crippen LogP contribution in [0.1, 0.15) is 12.0 Å². The minimum absolute atomic E-state index is 0.0822.